The van der Waals surface area contributed by atoms with Crippen LogP contribution >= 0.6 is 0 Å². The Labute approximate surface area is 506 Å². The SMILES string of the molecule is CC(C)(C)c1nc2c3c4c(cc2c2ccccc12)N1c2ccccc2C(c2ccc5ccccc5c2)(c2ccc5ccccc5c2)c2cccc(c21)B4c1cccc2c1N3c1ccccc1C2(c1ccc2ccccc2c1)c1ccc2ccccc2c1. The van der Waals surface area contributed by atoms with Gasteiger partial charge in [0.25, 0.3) is 6.71 Å². The van der Waals surface area contributed by atoms with E-state index < -0.39 is 10.8 Å². The number of hydrogen-bond donors (Lipinski definition) is 0. The normalized spacial score (nSPS) is 14.7. The molecule has 0 radical (unpaired) electrons. The molecule has 4 aliphatic rings. The molecule has 0 N–H and O–H groups in total. The van der Waals surface area contributed by atoms with E-state index in [9.17, 15) is 0 Å². The summed E-state index contributed by atoms with van der Waals surface area (Å²) in [6, 6.07) is 109. The summed E-state index contributed by atoms with van der Waals surface area (Å²) in [7, 11) is 0. The van der Waals surface area contributed by atoms with E-state index in [0.717, 1.165) is 28.0 Å². The Hall–Kier alpha value is -10.5. The molecule has 0 saturated carbocycles. The Morgan fingerprint density at radius 3 is 1.15 bits per heavy atom. The fraction of sp³-hybridized carbons (Fsp3) is 0.0723. The predicted octanol–water partition coefficient (Wildman–Crippen LogP) is 18.8. The number of anilines is 6. The number of fused-ring (bicyclic) bond motifs is 16. The summed E-state index contributed by atoms with van der Waals surface area (Å²) in [6.45, 7) is 6.78. The van der Waals surface area contributed by atoms with E-state index in [1.807, 2.05) is 0 Å². The third-order valence-corrected chi connectivity index (χ3v) is 20.3. The van der Waals surface area contributed by atoms with Crippen LogP contribution in [0.1, 0.15) is 71.0 Å². The Bertz CT molecular complexity index is 5350. The minimum absolute atomic E-state index is 0.199. The topological polar surface area (TPSA) is 19.4 Å². The zero-order valence-corrected chi connectivity index (χ0v) is 48.6. The van der Waals surface area contributed by atoms with Gasteiger partial charge < -0.3 is 9.80 Å². The number of nitrogens with zero attached hydrogens (tertiary/aromatic N) is 3. The van der Waals surface area contributed by atoms with Crippen molar-refractivity contribution >= 4 is 122 Å². The molecule has 4 aliphatic heterocycles. The lowest BCUT2D eigenvalue weighted by molar-refractivity contribution is 0.578. The van der Waals surface area contributed by atoms with Crippen molar-refractivity contribution in [3.05, 3.63) is 335 Å². The van der Waals surface area contributed by atoms with Crippen molar-refractivity contribution in [2.45, 2.75) is 37.0 Å². The van der Waals surface area contributed by atoms with Gasteiger partial charge in [0.1, 0.15) is 0 Å². The molecule has 0 atom stereocenters. The van der Waals surface area contributed by atoms with Crippen molar-refractivity contribution in [2.24, 2.45) is 0 Å². The van der Waals surface area contributed by atoms with E-state index in [2.05, 4.69) is 316 Å². The highest BCUT2D eigenvalue weighted by atomic mass is 15.2. The zero-order valence-electron chi connectivity index (χ0n) is 48.6. The third kappa shape index (κ3) is 6.39. The molecule has 0 saturated heterocycles. The number of hydrogen-bond acceptors (Lipinski definition) is 3. The average molecular weight is 1110 g/mol. The molecule has 4 heteroatoms. The van der Waals surface area contributed by atoms with Gasteiger partial charge in [0.05, 0.1) is 39.1 Å². The van der Waals surface area contributed by atoms with Crippen LogP contribution in [0.15, 0.2) is 285 Å². The van der Waals surface area contributed by atoms with Crippen LogP contribution < -0.4 is 26.2 Å². The minimum Gasteiger partial charge on any atom is -0.311 e. The van der Waals surface area contributed by atoms with E-state index in [-0.39, 0.29) is 12.1 Å². The van der Waals surface area contributed by atoms with E-state index in [4.69, 9.17) is 4.98 Å². The molecule has 0 aliphatic carbocycles. The Morgan fingerprint density at radius 1 is 0.310 bits per heavy atom. The largest absolute Gasteiger partial charge is 0.311 e. The summed E-state index contributed by atoms with van der Waals surface area (Å²) >= 11 is 0. The van der Waals surface area contributed by atoms with Gasteiger partial charge in [-0.1, -0.05) is 263 Å². The highest BCUT2D eigenvalue weighted by molar-refractivity contribution is 7.00. The summed E-state index contributed by atoms with van der Waals surface area (Å²) < 4.78 is 0. The summed E-state index contributed by atoms with van der Waals surface area (Å²) in [4.78, 5) is 11.5. The number of benzene rings is 14. The average Bonchev–Trinajstić information content (AvgIpc) is 0.687. The number of rotatable bonds is 4. The van der Waals surface area contributed by atoms with Gasteiger partial charge in [-0.15, -0.1) is 0 Å². The van der Waals surface area contributed by atoms with Crippen molar-refractivity contribution in [1.29, 1.82) is 0 Å². The molecule has 406 valence electrons. The highest BCUT2D eigenvalue weighted by Crippen LogP contribution is 2.63. The van der Waals surface area contributed by atoms with Crippen molar-refractivity contribution in [3.63, 3.8) is 0 Å². The van der Waals surface area contributed by atoms with Crippen LogP contribution in [0.25, 0.3) is 64.8 Å². The van der Waals surface area contributed by atoms with E-state index in [1.54, 1.807) is 0 Å². The van der Waals surface area contributed by atoms with Gasteiger partial charge in [-0.05, 0) is 152 Å². The van der Waals surface area contributed by atoms with Crippen LogP contribution in [0.5, 0.6) is 0 Å². The first kappa shape index (κ1) is 48.8. The minimum atomic E-state index is -0.759. The second-order valence-electron chi connectivity index (χ2n) is 25.7. The quantitative estimate of drug-likeness (QED) is 0.129. The maximum Gasteiger partial charge on any atom is 0.252 e. The molecular formula is C83H56BN3. The van der Waals surface area contributed by atoms with Crippen LogP contribution in [0, 0.1) is 0 Å². The number of pyridine rings is 1. The lowest BCUT2D eigenvalue weighted by atomic mass is 9.32. The molecule has 1 aromatic heterocycles. The fourth-order valence-electron chi connectivity index (χ4n) is 16.8. The maximum atomic E-state index is 6.12. The van der Waals surface area contributed by atoms with E-state index >= 15 is 0 Å². The molecule has 0 spiro atoms. The third-order valence-electron chi connectivity index (χ3n) is 20.3. The lowest BCUT2D eigenvalue weighted by Gasteiger charge is -2.54. The standard InChI is InChI=1S/C83H56BN3/c1-81(2,3)80-64-29-13-12-28-63(64)65-50-74-75-79(76(65)85-80)87-73-37-17-15-31-67(73)83(61-44-40-53-22-6-10-26-57(53)48-61,62-45-41-54-23-7-11-27-58(54)49-62)69-33-19-35-71(78(69)87)84(75)70-34-18-32-68-77(70)86(74)72-36-16-14-30-66(72)82(68,59-42-38-51-20-4-8-24-55(51)46-59)60-43-39-52-21-5-9-25-56(52)47-60/h4-50H,1-3H3. The summed E-state index contributed by atoms with van der Waals surface area (Å²) in [5.74, 6) is 0. The summed E-state index contributed by atoms with van der Waals surface area (Å²) in [6.07, 6.45) is 0. The van der Waals surface area contributed by atoms with Crippen molar-refractivity contribution in [3.8, 4) is 0 Å². The molecule has 0 unspecified atom stereocenters. The summed E-state index contributed by atoms with van der Waals surface area (Å²) in [5, 5.41) is 13.3. The molecule has 19 rings (SSSR count). The monoisotopic (exact) mass is 1110 g/mol. The van der Waals surface area contributed by atoms with E-state index in [0.29, 0.717) is 0 Å². The Balaban J connectivity index is 1.00. The molecule has 15 aromatic rings. The molecule has 5 heterocycles. The molecular weight excluding hydrogens is 1050 g/mol. The smallest absolute Gasteiger partial charge is 0.252 e. The molecule has 14 aromatic carbocycles. The first-order chi connectivity index (χ1) is 42.8. The van der Waals surface area contributed by atoms with Crippen LogP contribution in [0.4, 0.5) is 34.1 Å². The van der Waals surface area contributed by atoms with Gasteiger partial charge in [-0.3, -0.25) is 0 Å². The Morgan fingerprint density at radius 2 is 0.690 bits per heavy atom. The number of para-hydroxylation sites is 4. The lowest BCUT2D eigenvalue weighted by Crippen LogP contribution is -2.63. The molecule has 0 amide bonds. The van der Waals surface area contributed by atoms with Crippen LogP contribution in [0.3, 0.4) is 0 Å². The summed E-state index contributed by atoms with van der Waals surface area (Å²) in [5.41, 5.74) is 21.3. The van der Waals surface area contributed by atoms with Gasteiger partial charge in [0.15, 0.2) is 0 Å². The highest BCUT2D eigenvalue weighted by Gasteiger charge is 2.56. The van der Waals surface area contributed by atoms with Crippen LogP contribution in [0.2, 0.25) is 0 Å². The Kier molecular flexibility index (Phi) is 9.83. The second-order valence-corrected chi connectivity index (χ2v) is 25.7. The number of aromatic nitrogens is 1. The van der Waals surface area contributed by atoms with E-state index in [1.165, 1.54) is 138 Å². The first-order valence-corrected chi connectivity index (χ1v) is 30.7. The van der Waals surface area contributed by atoms with Gasteiger partial charge in [-0.25, -0.2) is 4.98 Å². The molecule has 87 heavy (non-hydrogen) atoms. The van der Waals surface area contributed by atoms with Gasteiger partial charge in [0, 0.05) is 33.2 Å². The predicted molar refractivity (Wildman–Crippen MR) is 366 cm³/mol. The zero-order chi connectivity index (χ0) is 57.5. The van der Waals surface area contributed by atoms with Gasteiger partial charge in [0.2, 0.25) is 0 Å². The van der Waals surface area contributed by atoms with Gasteiger partial charge in [-0.2, -0.15) is 0 Å². The van der Waals surface area contributed by atoms with Crippen LogP contribution in [-0.4, -0.2) is 11.7 Å². The van der Waals surface area contributed by atoms with Crippen LogP contribution in [-0.2, 0) is 16.2 Å². The van der Waals surface area contributed by atoms with Gasteiger partial charge >= 0.3 is 0 Å². The fourth-order valence-corrected chi connectivity index (χ4v) is 16.8. The van der Waals surface area contributed by atoms with Crippen molar-refractivity contribution in [2.75, 3.05) is 9.80 Å². The van der Waals surface area contributed by atoms with Crippen molar-refractivity contribution in [1.82, 2.24) is 4.98 Å². The molecule has 3 nitrogen and oxygen atoms in total. The second kappa shape index (κ2) is 17.5. The van der Waals surface area contributed by atoms with Crippen molar-refractivity contribution < 1.29 is 0 Å². The molecule has 0 bridgehead atoms. The maximum absolute atomic E-state index is 6.12. The molecule has 0 fully saturated rings. The first-order valence-electron chi connectivity index (χ1n) is 30.7.